The second-order valence-electron chi connectivity index (χ2n) is 13.4. The largest absolute Gasteiger partial charge is 0.289 e. The number of hydrogen-bond acceptors (Lipinski definition) is 1. The number of hydrogen-bond donors (Lipinski definition) is 0. The van der Waals surface area contributed by atoms with Gasteiger partial charge >= 0.3 is 0 Å². The molecule has 1 nitrogen and oxygen atoms in total. The van der Waals surface area contributed by atoms with E-state index >= 15 is 0 Å². The zero-order valence-corrected chi connectivity index (χ0v) is 27.1. The lowest BCUT2D eigenvalue weighted by molar-refractivity contribution is 1.61. The minimum atomic E-state index is 0.0986. The maximum Gasteiger partial charge on any atom is 0.195 e. The van der Waals surface area contributed by atoms with Gasteiger partial charge in [0.05, 0.1) is 0 Å². The van der Waals surface area contributed by atoms with Crippen LogP contribution in [0, 0.1) is 0 Å². The molecule has 0 bridgehead atoms. The Morgan fingerprint density at radius 1 is 0.220 bits per heavy atom. The molecule has 11 rings (SSSR count). The summed E-state index contributed by atoms with van der Waals surface area (Å²) in [6.45, 7) is 0. The van der Waals surface area contributed by atoms with Gasteiger partial charge in [0, 0.05) is 22.3 Å². The van der Waals surface area contributed by atoms with E-state index in [1.165, 1.54) is 65.3 Å². The lowest BCUT2D eigenvalue weighted by Crippen LogP contribution is -2.01. The minimum Gasteiger partial charge on any atom is -0.289 e. The molecule has 230 valence electrons. The van der Waals surface area contributed by atoms with Crippen LogP contribution in [0.4, 0.5) is 0 Å². The van der Waals surface area contributed by atoms with Crippen molar-refractivity contribution in [1.29, 1.82) is 0 Å². The van der Waals surface area contributed by atoms with E-state index in [1.54, 1.807) is 0 Å². The van der Waals surface area contributed by atoms with Crippen molar-refractivity contribution < 1.29 is 0 Å². The van der Waals surface area contributed by atoms with Gasteiger partial charge in [-0.3, -0.25) is 4.79 Å². The summed E-state index contributed by atoms with van der Waals surface area (Å²) in [5.74, 6) is 0. The molecule has 9 aromatic carbocycles. The van der Waals surface area contributed by atoms with Crippen LogP contribution >= 0.6 is 0 Å². The molecule has 2 aliphatic carbocycles. The maximum absolute atomic E-state index is 14.6. The lowest BCUT2D eigenvalue weighted by Gasteiger charge is -2.16. The fourth-order valence-electron chi connectivity index (χ4n) is 9.02. The Balaban J connectivity index is 1.40. The summed E-state index contributed by atoms with van der Waals surface area (Å²) in [7, 11) is 0. The number of rotatable bonds is 4. The molecule has 0 aliphatic heterocycles. The van der Waals surface area contributed by atoms with Crippen LogP contribution in [0.2, 0.25) is 0 Å². The van der Waals surface area contributed by atoms with E-state index in [1.807, 2.05) is 36.4 Å². The molecule has 0 atom stereocenters. The first-order valence-electron chi connectivity index (χ1n) is 17.2. The van der Waals surface area contributed by atoms with Crippen molar-refractivity contribution in [1.82, 2.24) is 0 Å². The highest BCUT2D eigenvalue weighted by Gasteiger charge is 2.33. The summed E-state index contributed by atoms with van der Waals surface area (Å²) in [5, 5.41) is 12.4. The quantitative estimate of drug-likeness (QED) is 0.189. The Hall–Kier alpha value is -6.57. The molecule has 0 heterocycles. The summed E-state index contributed by atoms with van der Waals surface area (Å²) in [4.78, 5) is 14.6. The topological polar surface area (TPSA) is 17.1 Å². The minimum absolute atomic E-state index is 0.0986. The number of fused-ring (bicyclic) bond motifs is 7. The molecule has 0 N–H and O–H groups in total. The highest BCUT2D eigenvalue weighted by Crippen LogP contribution is 2.57. The summed E-state index contributed by atoms with van der Waals surface area (Å²) in [5.41, 5.74) is 10.7. The molecule has 2 aliphatic rings. The number of benzene rings is 8. The second-order valence-corrected chi connectivity index (χ2v) is 13.4. The van der Waals surface area contributed by atoms with Gasteiger partial charge < -0.3 is 0 Å². The molecule has 9 aromatic rings. The Morgan fingerprint density at radius 3 is 0.900 bits per heavy atom. The van der Waals surface area contributed by atoms with Crippen molar-refractivity contribution in [2.75, 3.05) is 0 Å². The van der Waals surface area contributed by atoms with Crippen LogP contribution in [-0.2, 0) is 0 Å². The van der Waals surface area contributed by atoms with Gasteiger partial charge in [0.2, 0.25) is 0 Å². The van der Waals surface area contributed by atoms with Crippen LogP contribution in [0.3, 0.4) is 0 Å². The predicted molar refractivity (Wildman–Crippen MR) is 212 cm³/mol. The van der Waals surface area contributed by atoms with E-state index in [0.29, 0.717) is 0 Å². The van der Waals surface area contributed by atoms with E-state index in [9.17, 15) is 4.79 Å². The molecule has 0 saturated heterocycles. The fourth-order valence-corrected chi connectivity index (χ4v) is 9.02. The van der Waals surface area contributed by atoms with Crippen molar-refractivity contribution in [2.45, 2.75) is 0 Å². The Kier molecular flexibility index (Phi) is 5.60. The predicted octanol–water partition coefficient (Wildman–Crippen LogP) is 12.9. The third kappa shape index (κ3) is 3.53. The first-order valence-corrected chi connectivity index (χ1v) is 17.2. The van der Waals surface area contributed by atoms with Crippen LogP contribution in [0.25, 0.3) is 109 Å². The molecule has 50 heavy (non-hydrogen) atoms. The van der Waals surface area contributed by atoms with Crippen molar-refractivity contribution in [2.24, 2.45) is 0 Å². The molecule has 0 fully saturated rings. The van der Waals surface area contributed by atoms with Crippen molar-refractivity contribution in [3.63, 3.8) is 0 Å². The zero-order chi connectivity index (χ0) is 32.9. The Bertz CT molecular complexity index is 2850. The molecule has 0 radical (unpaired) electrons. The smallest absolute Gasteiger partial charge is 0.195 e. The van der Waals surface area contributed by atoms with E-state index in [4.69, 9.17) is 0 Å². The van der Waals surface area contributed by atoms with Crippen molar-refractivity contribution >= 4 is 53.9 Å². The van der Waals surface area contributed by atoms with E-state index in [2.05, 4.69) is 133 Å². The van der Waals surface area contributed by atoms with Crippen LogP contribution < -0.4 is 5.43 Å². The monoisotopic (exact) mass is 632 g/mol. The summed E-state index contributed by atoms with van der Waals surface area (Å²) < 4.78 is 0. The standard InChI is InChI=1S/C49H28O/c50-49-41(31-19-9-3-10-20-31)47-37-27-25-35-43-36(26-28-38(44(37)43)48(47)42(49)32-21-11-4-12-22-32)46-40(30-17-7-2-8-18-30)34-24-14-13-23-33(34)39(45(35)46)29-15-5-1-6-16-29/h1-28H. The van der Waals surface area contributed by atoms with Crippen LogP contribution in [0.5, 0.6) is 0 Å². The molecule has 0 aromatic heterocycles. The van der Waals surface area contributed by atoms with Crippen molar-refractivity contribution in [3.05, 3.63) is 180 Å². The highest BCUT2D eigenvalue weighted by atomic mass is 16.1. The normalized spacial score (nSPS) is 12.1. The van der Waals surface area contributed by atoms with Gasteiger partial charge in [-0.1, -0.05) is 170 Å². The highest BCUT2D eigenvalue weighted by molar-refractivity contribution is 6.45. The van der Waals surface area contributed by atoms with Crippen molar-refractivity contribution in [3.8, 4) is 55.6 Å². The maximum atomic E-state index is 14.6. The van der Waals surface area contributed by atoms with Gasteiger partial charge in [0.15, 0.2) is 5.43 Å². The Morgan fingerprint density at radius 2 is 0.520 bits per heavy atom. The average Bonchev–Trinajstić information content (AvgIpc) is 3.79. The molecule has 0 saturated carbocycles. The summed E-state index contributed by atoms with van der Waals surface area (Å²) in [6.07, 6.45) is 0. The van der Waals surface area contributed by atoms with Crippen LogP contribution in [-0.4, -0.2) is 0 Å². The molecule has 0 unspecified atom stereocenters. The molecule has 1 heteroatoms. The zero-order valence-electron chi connectivity index (χ0n) is 27.1. The van der Waals surface area contributed by atoms with Crippen LogP contribution in [0.1, 0.15) is 0 Å². The summed E-state index contributed by atoms with van der Waals surface area (Å²) >= 11 is 0. The molecular formula is C49H28O. The van der Waals surface area contributed by atoms with Gasteiger partial charge in [-0.25, -0.2) is 0 Å². The molecular weight excluding hydrogens is 605 g/mol. The van der Waals surface area contributed by atoms with Gasteiger partial charge in [-0.2, -0.15) is 0 Å². The SMILES string of the molecule is O=c1c(-c2ccccc2)c2c3ccc4c5c(-c6ccccc6)c6ccccc6c(-c6ccccc6)c5c5ccc(c-2c1-c1ccccc1)c3c45. The summed E-state index contributed by atoms with van der Waals surface area (Å²) in [6, 6.07) is 60.3. The van der Waals surface area contributed by atoms with E-state index in [-0.39, 0.29) is 5.43 Å². The van der Waals surface area contributed by atoms with E-state index in [0.717, 1.165) is 44.2 Å². The second kappa shape index (κ2) is 10.2. The average molecular weight is 633 g/mol. The Labute approximate surface area is 288 Å². The third-order valence-electron chi connectivity index (χ3n) is 10.9. The van der Waals surface area contributed by atoms with Gasteiger partial charge in [0.25, 0.3) is 0 Å². The molecule has 0 spiro atoms. The van der Waals surface area contributed by atoms with Gasteiger partial charge in [0.1, 0.15) is 0 Å². The third-order valence-corrected chi connectivity index (χ3v) is 10.9. The van der Waals surface area contributed by atoms with Gasteiger partial charge in [-0.15, -0.1) is 0 Å². The van der Waals surface area contributed by atoms with Gasteiger partial charge in [-0.05, 0) is 87.2 Å². The first kappa shape index (κ1) is 27.4. The fraction of sp³-hybridized carbons (Fsp3) is 0. The first-order chi connectivity index (χ1) is 24.8. The molecule has 0 amide bonds. The van der Waals surface area contributed by atoms with Crippen LogP contribution in [0.15, 0.2) is 175 Å². The van der Waals surface area contributed by atoms with E-state index < -0.39 is 0 Å². The lowest BCUT2D eigenvalue weighted by atomic mass is 9.86.